The fourth-order valence-electron chi connectivity index (χ4n) is 1.62. The Balaban J connectivity index is 2.19. The number of hydrogen-bond donors (Lipinski definition) is 1. The summed E-state index contributed by atoms with van der Waals surface area (Å²) >= 11 is 4.95. The van der Waals surface area contributed by atoms with Crippen LogP contribution >= 0.6 is 27.3 Å². The molecular weight excluding hydrogens is 335 g/mol. The van der Waals surface area contributed by atoms with E-state index in [0.717, 1.165) is 14.7 Å². The van der Waals surface area contributed by atoms with Crippen molar-refractivity contribution in [2.24, 2.45) is 0 Å². The second kappa shape index (κ2) is 5.66. The molecule has 4 nitrogen and oxygen atoms in total. The number of nitrogens with one attached hydrogen (secondary N) is 1. The van der Waals surface area contributed by atoms with Crippen LogP contribution in [-0.4, -0.2) is 4.92 Å². The second-order valence-corrected chi connectivity index (χ2v) is 6.43. The Morgan fingerprint density at radius 2 is 2.16 bits per heavy atom. The van der Waals surface area contributed by atoms with E-state index in [-0.39, 0.29) is 6.04 Å². The predicted molar refractivity (Wildman–Crippen MR) is 77.1 cm³/mol. The fraction of sp³-hybridized carbons (Fsp3) is 0.167. The maximum absolute atomic E-state index is 13.2. The van der Waals surface area contributed by atoms with Crippen molar-refractivity contribution in [1.29, 1.82) is 0 Å². The molecule has 0 saturated carbocycles. The van der Waals surface area contributed by atoms with E-state index in [4.69, 9.17) is 0 Å². The van der Waals surface area contributed by atoms with Crippen molar-refractivity contribution >= 4 is 38.6 Å². The molecule has 1 aromatic heterocycles. The van der Waals surface area contributed by atoms with Crippen LogP contribution in [0.2, 0.25) is 0 Å². The van der Waals surface area contributed by atoms with Crippen molar-refractivity contribution in [1.82, 2.24) is 0 Å². The van der Waals surface area contributed by atoms with E-state index in [0.29, 0.717) is 5.69 Å². The van der Waals surface area contributed by atoms with Crippen LogP contribution < -0.4 is 5.32 Å². The van der Waals surface area contributed by atoms with Gasteiger partial charge >= 0.3 is 5.69 Å². The minimum absolute atomic E-state index is 0.0126. The number of benzene rings is 1. The van der Waals surface area contributed by atoms with Gasteiger partial charge in [0, 0.05) is 16.6 Å². The van der Waals surface area contributed by atoms with Crippen molar-refractivity contribution in [2.75, 3.05) is 5.32 Å². The summed E-state index contributed by atoms with van der Waals surface area (Å²) in [5.41, 5.74) is -0.00492. The summed E-state index contributed by atoms with van der Waals surface area (Å²) in [6.07, 6.45) is 0. The van der Waals surface area contributed by atoms with Gasteiger partial charge in [0.2, 0.25) is 5.82 Å². The van der Waals surface area contributed by atoms with Gasteiger partial charge < -0.3 is 5.32 Å². The SMILES string of the molecule is CC(Nc1ccc(F)c([N+](=O)[O-])c1)c1ccc(Br)s1. The average molecular weight is 345 g/mol. The summed E-state index contributed by atoms with van der Waals surface area (Å²) in [6.45, 7) is 1.94. The Labute approximate surface area is 121 Å². The first-order chi connectivity index (χ1) is 8.97. The quantitative estimate of drug-likeness (QED) is 0.644. The standard InChI is InChI=1S/C12H10BrFN2O2S/c1-7(11-4-5-12(13)19-11)15-8-2-3-9(14)10(6-8)16(17)18/h2-7,15H,1H3. The molecule has 0 saturated heterocycles. The minimum atomic E-state index is -0.831. The maximum atomic E-state index is 13.2. The monoisotopic (exact) mass is 344 g/mol. The van der Waals surface area contributed by atoms with Gasteiger partial charge in [-0.1, -0.05) is 0 Å². The molecule has 0 aliphatic rings. The molecule has 2 aromatic rings. The molecular formula is C12H10BrFN2O2S. The number of nitro groups is 1. The van der Waals surface area contributed by atoms with E-state index in [2.05, 4.69) is 21.2 Å². The molecule has 0 spiro atoms. The molecule has 1 atom stereocenters. The summed E-state index contributed by atoms with van der Waals surface area (Å²) in [5.74, 6) is -0.831. The van der Waals surface area contributed by atoms with Crippen LogP contribution in [0, 0.1) is 15.9 Å². The molecule has 100 valence electrons. The summed E-state index contributed by atoms with van der Waals surface area (Å²) in [4.78, 5) is 11.0. The zero-order chi connectivity index (χ0) is 14.0. The summed E-state index contributed by atoms with van der Waals surface area (Å²) in [5, 5.41) is 13.8. The Morgan fingerprint density at radius 3 is 2.74 bits per heavy atom. The minimum Gasteiger partial charge on any atom is -0.377 e. The number of thiophene rings is 1. The Hall–Kier alpha value is -1.47. The molecule has 0 aliphatic heterocycles. The summed E-state index contributed by atoms with van der Waals surface area (Å²) < 4.78 is 14.2. The molecule has 1 N–H and O–H groups in total. The van der Waals surface area contributed by atoms with Crippen LogP contribution in [0.1, 0.15) is 17.8 Å². The molecule has 7 heteroatoms. The first-order valence-electron chi connectivity index (χ1n) is 5.43. The zero-order valence-electron chi connectivity index (χ0n) is 9.89. The third-order valence-electron chi connectivity index (χ3n) is 2.55. The van der Waals surface area contributed by atoms with Crippen molar-refractivity contribution in [2.45, 2.75) is 13.0 Å². The topological polar surface area (TPSA) is 55.2 Å². The Kier molecular flexibility index (Phi) is 4.16. The van der Waals surface area contributed by atoms with Crippen LogP contribution in [0.15, 0.2) is 34.1 Å². The van der Waals surface area contributed by atoms with E-state index in [1.54, 1.807) is 11.3 Å². The normalized spacial score (nSPS) is 12.2. The van der Waals surface area contributed by atoms with Gasteiger partial charge in [0.1, 0.15) is 0 Å². The highest BCUT2D eigenvalue weighted by Gasteiger charge is 2.15. The number of rotatable bonds is 4. The van der Waals surface area contributed by atoms with E-state index in [1.807, 2.05) is 19.1 Å². The average Bonchev–Trinajstić information content (AvgIpc) is 2.78. The lowest BCUT2D eigenvalue weighted by Crippen LogP contribution is -2.05. The molecule has 1 heterocycles. The lowest BCUT2D eigenvalue weighted by molar-refractivity contribution is -0.387. The van der Waals surface area contributed by atoms with Gasteiger partial charge in [-0.3, -0.25) is 10.1 Å². The lowest BCUT2D eigenvalue weighted by atomic mass is 10.2. The van der Waals surface area contributed by atoms with Crippen LogP contribution in [0.5, 0.6) is 0 Å². The van der Waals surface area contributed by atoms with Crippen LogP contribution in [0.25, 0.3) is 0 Å². The van der Waals surface area contributed by atoms with Crippen LogP contribution in [0.4, 0.5) is 15.8 Å². The third kappa shape index (κ3) is 3.30. The van der Waals surface area contributed by atoms with Crippen molar-refractivity contribution in [3.05, 3.63) is 54.9 Å². The number of nitrogens with zero attached hydrogens (tertiary/aromatic N) is 1. The van der Waals surface area contributed by atoms with Gasteiger partial charge in [0.15, 0.2) is 0 Å². The van der Waals surface area contributed by atoms with E-state index >= 15 is 0 Å². The summed E-state index contributed by atoms with van der Waals surface area (Å²) in [6, 6.07) is 7.67. The molecule has 0 bridgehead atoms. The highest BCUT2D eigenvalue weighted by atomic mass is 79.9. The summed E-state index contributed by atoms with van der Waals surface area (Å²) in [7, 11) is 0. The number of nitro benzene ring substituents is 1. The Morgan fingerprint density at radius 1 is 1.42 bits per heavy atom. The maximum Gasteiger partial charge on any atom is 0.306 e. The smallest absolute Gasteiger partial charge is 0.306 e. The number of halogens is 2. The molecule has 0 fully saturated rings. The largest absolute Gasteiger partial charge is 0.377 e. The number of anilines is 1. The Bertz CT molecular complexity index is 618. The lowest BCUT2D eigenvalue weighted by Gasteiger charge is -2.13. The van der Waals surface area contributed by atoms with Gasteiger partial charge in [-0.05, 0) is 47.1 Å². The molecule has 0 radical (unpaired) electrons. The van der Waals surface area contributed by atoms with E-state index < -0.39 is 16.4 Å². The van der Waals surface area contributed by atoms with Crippen LogP contribution in [-0.2, 0) is 0 Å². The van der Waals surface area contributed by atoms with E-state index in [9.17, 15) is 14.5 Å². The molecule has 19 heavy (non-hydrogen) atoms. The van der Waals surface area contributed by atoms with Gasteiger partial charge in [0.25, 0.3) is 0 Å². The van der Waals surface area contributed by atoms with Crippen LogP contribution in [0.3, 0.4) is 0 Å². The molecule has 1 unspecified atom stereocenters. The van der Waals surface area contributed by atoms with Gasteiger partial charge in [-0.2, -0.15) is 4.39 Å². The molecule has 1 aromatic carbocycles. The van der Waals surface area contributed by atoms with Gasteiger partial charge in [0.05, 0.1) is 14.8 Å². The zero-order valence-corrected chi connectivity index (χ0v) is 12.3. The third-order valence-corrected chi connectivity index (χ3v) is 4.35. The highest BCUT2D eigenvalue weighted by molar-refractivity contribution is 9.11. The highest BCUT2D eigenvalue weighted by Crippen LogP contribution is 2.30. The van der Waals surface area contributed by atoms with E-state index in [1.165, 1.54) is 12.1 Å². The fourth-order valence-corrected chi connectivity index (χ4v) is 3.05. The first-order valence-corrected chi connectivity index (χ1v) is 7.04. The van der Waals surface area contributed by atoms with Crippen molar-refractivity contribution in [3.63, 3.8) is 0 Å². The predicted octanol–water partition coefficient (Wildman–Crippen LogP) is 4.73. The first kappa shape index (κ1) is 14.0. The van der Waals surface area contributed by atoms with Crippen molar-refractivity contribution in [3.8, 4) is 0 Å². The van der Waals surface area contributed by atoms with Crippen molar-refractivity contribution < 1.29 is 9.31 Å². The number of hydrogen-bond acceptors (Lipinski definition) is 4. The molecule has 2 rings (SSSR count). The van der Waals surface area contributed by atoms with Gasteiger partial charge in [-0.25, -0.2) is 0 Å². The second-order valence-electron chi connectivity index (χ2n) is 3.93. The van der Waals surface area contributed by atoms with Gasteiger partial charge in [-0.15, -0.1) is 11.3 Å². The molecule has 0 aliphatic carbocycles. The molecule has 0 amide bonds.